The van der Waals surface area contributed by atoms with Crippen molar-refractivity contribution in [2.45, 2.75) is 38.1 Å². The molecule has 1 saturated carbocycles. The van der Waals surface area contributed by atoms with Crippen molar-refractivity contribution in [2.75, 3.05) is 32.1 Å². The van der Waals surface area contributed by atoms with E-state index in [1.807, 2.05) is 65.6 Å². The third kappa shape index (κ3) is 9.25. The Labute approximate surface area is 264 Å². The molecule has 1 aromatic heterocycles. The van der Waals surface area contributed by atoms with Gasteiger partial charge >= 0.3 is 5.97 Å². The summed E-state index contributed by atoms with van der Waals surface area (Å²) < 4.78 is 11.1. The maximum Gasteiger partial charge on any atom is 0.328 e. The smallest absolute Gasteiger partial charge is 0.328 e. The second-order valence-corrected chi connectivity index (χ2v) is 11.3. The van der Waals surface area contributed by atoms with E-state index in [0.29, 0.717) is 60.9 Å². The van der Waals surface area contributed by atoms with Crippen molar-refractivity contribution in [3.8, 4) is 5.75 Å². The van der Waals surface area contributed by atoms with Gasteiger partial charge in [0.25, 0.3) is 0 Å². The number of hydrogen-bond donors (Lipinski definition) is 1. The lowest BCUT2D eigenvalue weighted by Crippen LogP contribution is -2.36. The van der Waals surface area contributed by atoms with Gasteiger partial charge in [0.15, 0.2) is 5.78 Å². The monoisotopic (exact) mass is 605 g/mol. The Morgan fingerprint density at radius 3 is 2.38 bits per heavy atom. The molecule has 1 fully saturated rings. The number of carbonyl (C=O) groups excluding carboxylic acids is 3. The van der Waals surface area contributed by atoms with E-state index in [9.17, 15) is 14.4 Å². The van der Waals surface area contributed by atoms with Crippen LogP contribution < -0.4 is 10.1 Å². The first-order valence-corrected chi connectivity index (χ1v) is 15.4. The summed E-state index contributed by atoms with van der Waals surface area (Å²) in [7, 11) is 1.35. The molecule has 4 aromatic rings. The molecule has 0 radical (unpaired) electrons. The van der Waals surface area contributed by atoms with Gasteiger partial charge in [0.2, 0.25) is 5.91 Å². The molecule has 3 aromatic carbocycles. The highest BCUT2D eigenvalue weighted by Gasteiger charge is 2.27. The summed E-state index contributed by atoms with van der Waals surface area (Å²) in [5, 5.41) is 3.24. The molecule has 0 aliphatic heterocycles. The van der Waals surface area contributed by atoms with Gasteiger partial charge < -0.3 is 19.7 Å². The number of ether oxygens (including phenoxy) is 2. The van der Waals surface area contributed by atoms with Gasteiger partial charge in [-0.1, -0.05) is 60.7 Å². The average molecular weight is 606 g/mol. The molecule has 1 amide bonds. The summed E-state index contributed by atoms with van der Waals surface area (Å²) >= 11 is 0. The van der Waals surface area contributed by atoms with E-state index >= 15 is 0 Å². The molecule has 1 heterocycles. The van der Waals surface area contributed by atoms with Crippen molar-refractivity contribution in [1.29, 1.82) is 0 Å². The highest BCUT2D eigenvalue weighted by molar-refractivity contribution is 6.12. The van der Waals surface area contributed by atoms with Gasteiger partial charge in [-0.2, -0.15) is 0 Å². The lowest BCUT2D eigenvalue weighted by molar-refractivity contribution is -0.141. The summed E-state index contributed by atoms with van der Waals surface area (Å²) in [6.45, 7) is 1.69. The maximum atomic E-state index is 13.2. The summed E-state index contributed by atoms with van der Waals surface area (Å²) in [4.78, 5) is 45.0. The number of amides is 1. The van der Waals surface area contributed by atoms with E-state index in [1.165, 1.54) is 20.0 Å². The molecule has 1 aliphatic rings. The van der Waals surface area contributed by atoms with Crippen LogP contribution >= 0.6 is 0 Å². The van der Waals surface area contributed by atoms with Crippen LogP contribution in [0.2, 0.25) is 0 Å². The summed E-state index contributed by atoms with van der Waals surface area (Å²) in [6, 6.07) is 26.9. The number of benzene rings is 3. The summed E-state index contributed by atoms with van der Waals surface area (Å²) in [5.74, 6) is 0.856. The number of ketones is 1. The third-order valence-electron chi connectivity index (χ3n) is 7.89. The van der Waals surface area contributed by atoms with Crippen LogP contribution in [0.1, 0.15) is 46.3 Å². The van der Waals surface area contributed by atoms with E-state index in [1.54, 1.807) is 42.7 Å². The Kier molecular flexibility index (Phi) is 10.9. The highest BCUT2D eigenvalue weighted by atomic mass is 16.5. The van der Waals surface area contributed by atoms with Crippen LogP contribution in [0.15, 0.2) is 103 Å². The van der Waals surface area contributed by atoms with Crippen LogP contribution in [0.3, 0.4) is 0 Å². The zero-order valence-corrected chi connectivity index (χ0v) is 25.6. The number of pyridine rings is 1. The van der Waals surface area contributed by atoms with E-state index in [2.05, 4.69) is 10.3 Å². The van der Waals surface area contributed by atoms with Crippen molar-refractivity contribution >= 4 is 23.3 Å². The van der Waals surface area contributed by atoms with Crippen LogP contribution in [0.5, 0.6) is 5.75 Å². The Morgan fingerprint density at radius 2 is 1.67 bits per heavy atom. The van der Waals surface area contributed by atoms with Gasteiger partial charge in [0, 0.05) is 48.6 Å². The van der Waals surface area contributed by atoms with Crippen LogP contribution in [-0.2, 0) is 27.2 Å². The number of anilines is 1. The highest BCUT2D eigenvalue weighted by Crippen LogP contribution is 2.30. The molecule has 0 unspecified atom stereocenters. The van der Waals surface area contributed by atoms with Gasteiger partial charge in [-0.05, 0) is 66.6 Å². The molecule has 1 aliphatic carbocycles. The fraction of sp³-hybridized carbons (Fsp3) is 0.297. The van der Waals surface area contributed by atoms with Gasteiger partial charge in [0.1, 0.15) is 18.4 Å². The molecule has 0 bridgehead atoms. The molecule has 0 spiro atoms. The summed E-state index contributed by atoms with van der Waals surface area (Å²) in [6.07, 6.45) is 7.36. The third-order valence-corrected chi connectivity index (χ3v) is 7.89. The second-order valence-electron chi connectivity index (χ2n) is 11.3. The van der Waals surface area contributed by atoms with E-state index < -0.39 is 12.0 Å². The quantitative estimate of drug-likeness (QED) is 0.128. The zero-order chi connectivity index (χ0) is 31.4. The number of para-hydroxylation sites is 1. The second kappa shape index (κ2) is 15.7. The summed E-state index contributed by atoms with van der Waals surface area (Å²) in [5.41, 5.74) is 3.57. The van der Waals surface area contributed by atoms with Crippen molar-refractivity contribution in [3.05, 3.63) is 126 Å². The number of rotatable bonds is 16. The SMILES string of the molecule is COC(=O)[C@H](Cc1ccc(OCCN(CC2CC2)C(=O)CCc2cccnc2)cc1)Nc1ccccc1C(=O)c1ccccc1. The van der Waals surface area contributed by atoms with E-state index in [0.717, 1.165) is 17.7 Å². The van der Waals surface area contributed by atoms with Crippen LogP contribution in [0.25, 0.3) is 0 Å². The Morgan fingerprint density at radius 1 is 0.911 bits per heavy atom. The van der Waals surface area contributed by atoms with Gasteiger partial charge in [-0.3, -0.25) is 14.6 Å². The first kappa shape index (κ1) is 31.4. The van der Waals surface area contributed by atoms with E-state index in [-0.39, 0.29) is 11.7 Å². The largest absolute Gasteiger partial charge is 0.492 e. The minimum atomic E-state index is -0.708. The van der Waals surface area contributed by atoms with Crippen molar-refractivity contribution < 1.29 is 23.9 Å². The minimum absolute atomic E-state index is 0.130. The van der Waals surface area contributed by atoms with Crippen LogP contribution in [0.4, 0.5) is 5.69 Å². The standard InChI is InChI=1S/C37H39N3O5/c1-44-37(43)34(39-33-12-6-5-11-32(33)36(42)30-9-3-2-4-10-30)24-27-15-18-31(19-16-27)45-23-22-40(26-29-13-14-29)35(41)20-17-28-8-7-21-38-25-28/h2-12,15-16,18-19,21,25,29,34,39H,13-14,17,20,22-24,26H2,1H3/t34-/m0/s1. The predicted octanol–water partition coefficient (Wildman–Crippen LogP) is 5.76. The molecule has 8 nitrogen and oxygen atoms in total. The molecule has 45 heavy (non-hydrogen) atoms. The average Bonchev–Trinajstić information content (AvgIpc) is 3.92. The van der Waals surface area contributed by atoms with Gasteiger partial charge in [0.05, 0.1) is 13.7 Å². The number of methoxy groups -OCH3 is 1. The first-order valence-electron chi connectivity index (χ1n) is 15.4. The van der Waals surface area contributed by atoms with Crippen LogP contribution in [-0.4, -0.2) is 60.4 Å². The van der Waals surface area contributed by atoms with Crippen molar-refractivity contribution in [2.24, 2.45) is 5.92 Å². The van der Waals surface area contributed by atoms with E-state index in [4.69, 9.17) is 9.47 Å². The Hall–Kier alpha value is -4.98. The lowest BCUT2D eigenvalue weighted by atomic mass is 10.00. The fourth-order valence-corrected chi connectivity index (χ4v) is 5.19. The van der Waals surface area contributed by atoms with Crippen molar-refractivity contribution in [1.82, 2.24) is 9.88 Å². The Balaban J connectivity index is 1.17. The Bertz CT molecular complexity index is 1560. The number of aryl methyl sites for hydroxylation is 1. The minimum Gasteiger partial charge on any atom is -0.492 e. The molecular formula is C37H39N3O5. The van der Waals surface area contributed by atoms with Gasteiger partial charge in [-0.15, -0.1) is 0 Å². The molecule has 1 N–H and O–H groups in total. The fourth-order valence-electron chi connectivity index (χ4n) is 5.19. The van der Waals surface area contributed by atoms with Gasteiger partial charge in [-0.25, -0.2) is 4.79 Å². The predicted molar refractivity (Wildman–Crippen MR) is 173 cm³/mol. The molecule has 8 heteroatoms. The number of hydrogen-bond acceptors (Lipinski definition) is 7. The molecular weight excluding hydrogens is 566 g/mol. The van der Waals surface area contributed by atoms with Crippen molar-refractivity contribution in [3.63, 3.8) is 0 Å². The number of nitrogens with zero attached hydrogens (tertiary/aromatic N) is 2. The first-order chi connectivity index (χ1) is 22.0. The number of aromatic nitrogens is 1. The number of carbonyl (C=O) groups is 3. The normalized spacial score (nSPS) is 13.0. The topological polar surface area (TPSA) is 97.8 Å². The number of esters is 1. The van der Waals surface area contributed by atoms with Crippen LogP contribution in [0, 0.1) is 5.92 Å². The maximum absolute atomic E-state index is 13.2. The molecule has 1 atom stereocenters. The number of nitrogens with one attached hydrogen (secondary N) is 1. The zero-order valence-electron chi connectivity index (χ0n) is 25.6. The molecule has 0 saturated heterocycles. The molecule has 5 rings (SSSR count). The molecule has 232 valence electrons. The lowest BCUT2D eigenvalue weighted by Gasteiger charge is -2.23.